The van der Waals surface area contributed by atoms with E-state index in [1.807, 2.05) is 19.1 Å². The van der Waals surface area contributed by atoms with Gasteiger partial charge in [0.1, 0.15) is 5.65 Å². The van der Waals surface area contributed by atoms with Gasteiger partial charge in [-0.05, 0) is 52.7 Å². The first-order chi connectivity index (χ1) is 10.7. The molecule has 5 nitrogen and oxygen atoms in total. The summed E-state index contributed by atoms with van der Waals surface area (Å²) in [6.45, 7) is 11.0. The van der Waals surface area contributed by atoms with Gasteiger partial charge in [-0.1, -0.05) is 6.07 Å². The minimum absolute atomic E-state index is 0.0437. The van der Waals surface area contributed by atoms with Crippen LogP contribution in [0.15, 0.2) is 29.2 Å². The highest BCUT2D eigenvalue weighted by molar-refractivity contribution is 5.46. The molecule has 0 unspecified atom stereocenters. The molecule has 0 aromatic carbocycles. The Morgan fingerprint density at radius 2 is 2.13 bits per heavy atom. The number of hydrogen-bond donors (Lipinski definition) is 1. The highest BCUT2D eigenvalue weighted by atomic mass is 16.5. The number of rotatable bonds is 3. The van der Waals surface area contributed by atoms with E-state index in [0.717, 1.165) is 23.3 Å². The van der Waals surface area contributed by atoms with Gasteiger partial charge in [-0.3, -0.25) is 9.20 Å². The number of aryl methyl sites for hydroxylation is 1. The van der Waals surface area contributed by atoms with Crippen LogP contribution in [0.2, 0.25) is 0 Å². The predicted octanol–water partition coefficient (Wildman–Crippen LogP) is 2.44. The van der Waals surface area contributed by atoms with Gasteiger partial charge in [0, 0.05) is 24.8 Å². The molecule has 2 aromatic rings. The molecule has 2 aromatic heterocycles. The Bertz CT molecular complexity index is 792. The van der Waals surface area contributed by atoms with Crippen molar-refractivity contribution in [3.8, 4) is 0 Å². The molecule has 0 spiro atoms. The van der Waals surface area contributed by atoms with Crippen molar-refractivity contribution in [1.82, 2.24) is 14.7 Å². The molecule has 5 heteroatoms. The van der Waals surface area contributed by atoms with Gasteiger partial charge >= 0.3 is 0 Å². The Labute approximate surface area is 136 Å². The maximum absolute atomic E-state index is 12.2. The molecule has 0 aliphatic carbocycles. The summed E-state index contributed by atoms with van der Waals surface area (Å²) in [5.74, 6) is 0. The van der Waals surface area contributed by atoms with Crippen molar-refractivity contribution in [2.45, 2.75) is 64.8 Å². The lowest BCUT2D eigenvalue weighted by Crippen LogP contribution is -2.43. The van der Waals surface area contributed by atoms with Crippen molar-refractivity contribution >= 4 is 5.65 Å². The predicted molar refractivity (Wildman–Crippen MR) is 90.7 cm³/mol. The fourth-order valence-electron chi connectivity index (χ4n) is 3.51. The largest absolute Gasteiger partial charge is 0.368 e. The van der Waals surface area contributed by atoms with Gasteiger partial charge in [-0.2, -0.15) is 0 Å². The molecule has 0 amide bonds. The zero-order chi connectivity index (χ0) is 16.8. The van der Waals surface area contributed by atoms with E-state index in [4.69, 9.17) is 4.74 Å². The summed E-state index contributed by atoms with van der Waals surface area (Å²) in [6, 6.07) is 5.67. The van der Waals surface area contributed by atoms with Crippen LogP contribution in [0.25, 0.3) is 5.65 Å². The van der Waals surface area contributed by atoms with Gasteiger partial charge in [-0.25, -0.2) is 4.98 Å². The summed E-state index contributed by atoms with van der Waals surface area (Å²) in [4.78, 5) is 16.9. The van der Waals surface area contributed by atoms with Crippen molar-refractivity contribution < 1.29 is 4.74 Å². The molecule has 0 saturated carbocycles. The van der Waals surface area contributed by atoms with E-state index >= 15 is 0 Å². The summed E-state index contributed by atoms with van der Waals surface area (Å²) >= 11 is 0. The molecule has 3 rings (SSSR count). The minimum Gasteiger partial charge on any atom is -0.368 e. The second kappa shape index (κ2) is 5.42. The molecule has 23 heavy (non-hydrogen) atoms. The Morgan fingerprint density at radius 3 is 2.78 bits per heavy atom. The normalized spacial score (nSPS) is 22.6. The van der Waals surface area contributed by atoms with E-state index in [1.165, 1.54) is 0 Å². The Morgan fingerprint density at radius 1 is 1.39 bits per heavy atom. The molecule has 1 atom stereocenters. The SMILES string of the molecule is Cc1cccn2c(=O)cc(CN[C@@H]3CC(C)(C)OC3(C)C)nc12. The molecule has 1 aliphatic rings. The van der Waals surface area contributed by atoms with Crippen LogP contribution < -0.4 is 10.9 Å². The highest BCUT2D eigenvalue weighted by Gasteiger charge is 2.45. The summed E-state index contributed by atoms with van der Waals surface area (Å²) in [7, 11) is 0. The maximum Gasteiger partial charge on any atom is 0.258 e. The number of hydrogen-bond acceptors (Lipinski definition) is 4. The lowest BCUT2D eigenvalue weighted by Gasteiger charge is -2.27. The Balaban J connectivity index is 1.83. The number of ether oxygens (including phenoxy) is 1. The lowest BCUT2D eigenvalue weighted by molar-refractivity contribution is -0.0699. The molecule has 1 fully saturated rings. The van der Waals surface area contributed by atoms with Crippen molar-refractivity contribution in [2.24, 2.45) is 0 Å². The van der Waals surface area contributed by atoms with Gasteiger partial charge in [0.2, 0.25) is 0 Å². The van der Waals surface area contributed by atoms with Crippen LogP contribution in [0, 0.1) is 6.92 Å². The molecule has 0 radical (unpaired) electrons. The zero-order valence-corrected chi connectivity index (χ0v) is 14.5. The number of nitrogens with one attached hydrogen (secondary N) is 1. The molecule has 1 saturated heterocycles. The van der Waals surface area contributed by atoms with E-state index < -0.39 is 0 Å². The van der Waals surface area contributed by atoms with Crippen LogP contribution in [-0.4, -0.2) is 26.6 Å². The number of fused-ring (bicyclic) bond motifs is 1. The summed E-state index contributed by atoms with van der Waals surface area (Å²) in [5, 5.41) is 3.52. The van der Waals surface area contributed by atoms with E-state index in [1.54, 1.807) is 16.7 Å². The average molecular weight is 315 g/mol. The maximum atomic E-state index is 12.2. The van der Waals surface area contributed by atoms with Crippen molar-refractivity contribution in [3.05, 3.63) is 46.0 Å². The standard InChI is InChI=1S/C18H25N3O2/c1-12-7-6-8-21-15(22)9-13(20-16(12)21)11-19-14-10-17(2,3)23-18(14,4)5/h6-9,14,19H,10-11H2,1-5H3/t14-/m1/s1. The average Bonchev–Trinajstić information content (AvgIpc) is 2.65. The number of pyridine rings is 1. The fraction of sp³-hybridized carbons (Fsp3) is 0.556. The van der Waals surface area contributed by atoms with Crippen LogP contribution in [0.4, 0.5) is 0 Å². The first-order valence-corrected chi connectivity index (χ1v) is 8.09. The minimum atomic E-state index is -0.231. The first kappa shape index (κ1) is 16.1. The molecule has 1 N–H and O–H groups in total. The van der Waals surface area contributed by atoms with Crippen LogP contribution in [0.5, 0.6) is 0 Å². The lowest BCUT2D eigenvalue weighted by atomic mass is 9.94. The smallest absolute Gasteiger partial charge is 0.258 e. The molecule has 124 valence electrons. The monoisotopic (exact) mass is 315 g/mol. The summed E-state index contributed by atoms with van der Waals surface area (Å²) in [5.41, 5.74) is 2.08. The van der Waals surface area contributed by atoms with Gasteiger partial charge in [-0.15, -0.1) is 0 Å². The van der Waals surface area contributed by atoms with Crippen LogP contribution in [-0.2, 0) is 11.3 Å². The summed E-state index contributed by atoms with van der Waals surface area (Å²) < 4.78 is 7.69. The van der Waals surface area contributed by atoms with Crippen LogP contribution in [0.3, 0.4) is 0 Å². The van der Waals surface area contributed by atoms with E-state index in [9.17, 15) is 4.79 Å². The van der Waals surface area contributed by atoms with Gasteiger partial charge in [0.25, 0.3) is 5.56 Å². The van der Waals surface area contributed by atoms with Gasteiger partial charge in [0.05, 0.1) is 16.9 Å². The molecule has 3 heterocycles. The van der Waals surface area contributed by atoms with Gasteiger partial charge < -0.3 is 10.1 Å². The highest BCUT2D eigenvalue weighted by Crippen LogP contribution is 2.37. The number of nitrogens with zero attached hydrogens (tertiary/aromatic N) is 2. The third-order valence-corrected chi connectivity index (χ3v) is 4.54. The third kappa shape index (κ3) is 3.16. The second-order valence-corrected chi connectivity index (χ2v) is 7.57. The Kier molecular flexibility index (Phi) is 3.81. The first-order valence-electron chi connectivity index (χ1n) is 8.09. The van der Waals surface area contributed by atoms with E-state index in [0.29, 0.717) is 6.54 Å². The molecular weight excluding hydrogens is 290 g/mol. The third-order valence-electron chi connectivity index (χ3n) is 4.54. The molecule has 0 bridgehead atoms. The second-order valence-electron chi connectivity index (χ2n) is 7.57. The van der Waals surface area contributed by atoms with E-state index in [2.05, 4.69) is 38.0 Å². The van der Waals surface area contributed by atoms with Crippen molar-refractivity contribution in [3.63, 3.8) is 0 Å². The summed E-state index contributed by atoms with van der Waals surface area (Å²) in [6.07, 6.45) is 2.69. The van der Waals surface area contributed by atoms with E-state index in [-0.39, 0.29) is 22.8 Å². The van der Waals surface area contributed by atoms with Crippen molar-refractivity contribution in [2.75, 3.05) is 0 Å². The van der Waals surface area contributed by atoms with Crippen LogP contribution in [0.1, 0.15) is 45.4 Å². The number of aromatic nitrogens is 2. The Hall–Kier alpha value is -1.72. The fourth-order valence-corrected chi connectivity index (χ4v) is 3.51. The zero-order valence-electron chi connectivity index (χ0n) is 14.5. The van der Waals surface area contributed by atoms with Crippen LogP contribution >= 0.6 is 0 Å². The van der Waals surface area contributed by atoms with Gasteiger partial charge in [0.15, 0.2) is 0 Å². The quantitative estimate of drug-likeness (QED) is 0.945. The molecule has 1 aliphatic heterocycles. The van der Waals surface area contributed by atoms with Crippen molar-refractivity contribution in [1.29, 1.82) is 0 Å². The molecular formula is C18H25N3O2. The topological polar surface area (TPSA) is 55.6 Å².